The smallest absolute Gasteiger partial charge is 0.408 e. The Balaban J connectivity index is 1.55. The number of alkyl carbamates (subject to hydrolysis) is 1. The summed E-state index contributed by atoms with van der Waals surface area (Å²) < 4.78 is 64.8. The third-order valence-corrected chi connectivity index (χ3v) is 8.70. The molecule has 2 aromatic heterocycles. The summed E-state index contributed by atoms with van der Waals surface area (Å²) in [7, 11) is -4.11. The first-order valence-electron chi connectivity index (χ1n) is 13.1. The van der Waals surface area contributed by atoms with E-state index in [0.29, 0.717) is 15.4 Å². The third-order valence-electron chi connectivity index (χ3n) is 6.39. The number of likely N-dealkylation sites (tertiary alicyclic amines) is 1. The number of rotatable bonds is 9. The van der Waals surface area contributed by atoms with Gasteiger partial charge in [-0.15, -0.1) is 0 Å². The Hall–Kier alpha value is -3.63. The average Bonchev–Trinajstić information content (AvgIpc) is 3.51. The Morgan fingerprint density at radius 1 is 1.14 bits per heavy atom. The standard InChI is InChI=1S/C27H30BrF2N5O7S/c1-27(2,3)42-26(38)33-14-23(36)34-15-19(41-25(29)30)11-22(34)24(37)32-13-18-10-16-12-31-9-8-21(16)35(18)43(39,40)20-6-4-17(28)5-7-20/h4-10,12,19,22,25H,11,13-15H2,1-3H3,(H,32,37)(H,33,38)/t19-,22+/m1/s1. The van der Waals surface area contributed by atoms with E-state index in [1.807, 2.05) is 0 Å². The topological polar surface area (TPSA) is 149 Å². The molecule has 1 saturated heterocycles. The van der Waals surface area contributed by atoms with Crippen molar-refractivity contribution in [3.8, 4) is 0 Å². The molecule has 0 radical (unpaired) electrons. The first kappa shape index (κ1) is 32.3. The number of aromatic nitrogens is 2. The number of fused-ring (bicyclic) bond motifs is 1. The van der Waals surface area contributed by atoms with Gasteiger partial charge in [-0.05, 0) is 57.2 Å². The summed E-state index contributed by atoms with van der Waals surface area (Å²) in [6.45, 7) is 0.647. The van der Waals surface area contributed by atoms with E-state index in [2.05, 4.69) is 36.3 Å². The molecule has 0 spiro atoms. The molecule has 43 heavy (non-hydrogen) atoms. The molecule has 3 aromatic rings. The van der Waals surface area contributed by atoms with Gasteiger partial charge in [-0.3, -0.25) is 14.6 Å². The van der Waals surface area contributed by atoms with Crippen molar-refractivity contribution in [1.29, 1.82) is 0 Å². The minimum absolute atomic E-state index is 0.00892. The second kappa shape index (κ2) is 12.9. The van der Waals surface area contributed by atoms with Gasteiger partial charge in [-0.1, -0.05) is 15.9 Å². The third kappa shape index (κ3) is 7.86. The van der Waals surface area contributed by atoms with Gasteiger partial charge in [0.1, 0.15) is 18.2 Å². The highest BCUT2D eigenvalue weighted by Crippen LogP contribution is 2.27. The van der Waals surface area contributed by atoms with Crippen LogP contribution in [-0.2, 0) is 35.6 Å². The molecule has 1 fully saturated rings. The van der Waals surface area contributed by atoms with Crippen LogP contribution in [0.3, 0.4) is 0 Å². The number of carbonyl (C=O) groups excluding carboxylic acids is 3. The number of amides is 3. The Morgan fingerprint density at radius 2 is 1.84 bits per heavy atom. The zero-order valence-electron chi connectivity index (χ0n) is 23.4. The monoisotopic (exact) mass is 685 g/mol. The van der Waals surface area contributed by atoms with Crippen molar-refractivity contribution in [2.45, 2.75) is 63.0 Å². The Labute approximate surface area is 254 Å². The molecular weight excluding hydrogens is 656 g/mol. The first-order chi connectivity index (χ1) is 20.2. The molecule has 16 heteroatoms. The predicted octanol–water partition coefficient (Wildman–Crippen LogP) is 3.39. The fourth-order valence-corrected chi connectivity index (χ4v) is 6.44. The van der Waals surface area contributed by atoms with Crippen LogP contribution in [0.15, 0.2) is 58.2 Å². The van der Waals surface area contributed by atoms with Crippen molar-refractivity contribution < 1.29 is 41.1 Å². The van der Waals surface area contributed by atoms with Crippen molar-refractivity contribution in [1.82, 2.24) is 24.5 Å². The van der Waals surface area contributed by atoms with Crippen molar-refractivity contribution in [2.24, 2.45) is 0 Å². The van der Waals surface area contributed by atoms with Gasteiger partial charge < -0.3 is 25.0 Å². The molecule has 2 atom stereocenters. The van der Waals surface area contributed by atoms with Gasteiger partial charge in [0.2, 0.25) is 11.8 Å². The number of benzene rings is 1. The van der Waals surface area contributed by atoms with Crippen molar-refractivity contribution in [2.75, 3.05) is 13.1 Å². The fourth-order valence-electron chi connectivity index (χ4n) is 4.63. The number of nitrogens with zero attached hydrogens (tertiary/aromatic N) is 3. The zero-order chi connectivity index (χ0) is 31.5. The molecule has 12 nitrogen and oxygen atoms in total. The number of carbonyl (C=O) groups is 3. The van der Waals surface area contributed by atoms with E-state index in [4.69, 9.17) is 4.74 Å². The predicted molar refractivity (Wildman–Crippen MR) is 154 cm³/mol. The van der Waals surface area contributed by atoms with Crippen LogP contribution in [-0.4, -0.2) is 77.6 Å². The van der Waals surface area contributed by atoms with E-state index >= 15 is 0 Å². The van der Waals surface area contributed by atoms with Gasteiger partial charge >= 0.3 is 12.7 Å². The second-order valence-corrected chi connectivity index (χ2v) is 13.4. The maximum absolute atomic E-state index is 13.7. The molecule has 0 bridgehead atoms. The van der Waals surface area contributed by atoms with Crippen LogP contribution >= 0.6 is 15.9 Å². The summed E-state index contributed by atoms with van der Waals surface area (Å²) in [5.74, 6) is -1.44. The van der Waals surface area contributed by atoms with E-state index < -0.39 is 58.8 Å². The number of nitrogens with one attached hydrogen (secondary N) is 2. The Bertz CT molecular complexity index is 1610. The van der Waals surface area contributed by atoms with E-state index in [1.165, 1.54) is 30.6 Å². The van der Waals surface area contributed by atoms with Crippen LogP contribution in [0.1, 0.15) is 32.9 Å². The van der Waals surface area contributed by atoms with Crippen LogP contribution in [0.5, 0.6) is 0 Å². The minimum Gasteiger partial charge on any atom is -0.444 e. The maximum atomic E-state index is 13.7. The Morgan fingerprint density at radius 3 is 2.49 bits per heavy atom. The molecule has 0 aliphatic carbocycles. The lowest BCUT2D eigenvalue weighted by Gasteiger charge is -2.25. The molecule has 3 heterocycles. The number of pyridine rings is 1. The molecule has 1 aliphatic heterocycles. The molecular formula is C27H30BrF2N5O7S. The van der Waals surface area contributed by atoms with Gasteiger partial charge in [0.05, 0.1) is 28.8 Å². The number of ether oxygens (including phenoxy) is 2. The first-order valence-corrected chi connectivity index (χ1v) is 15.3. The molecule has 0 saturated carbocycles. The summed E-state index contributed by atoms with van der Waals surface area (Å²) >= 11 is 3.29. The molecule has 232 valence electrons. The van der Waals surface area contributed by atoms with Crippen LogP contribution in [0.2, 0.25) is 0 Å². The molecule has 0 unspecified atom stereocenters. The second-order valence-electron chi connectivity index (χ2n) is 10.7. The van der Waals surface area contributed by atoms with E-state index in [1.54, 1.807) is 39.0 Å². The highest BCUT2D eigenvalue weighted by molar-refractivity contribution is 9.10. The Kier molecular flexibility index (Phi) is 9.71. The normalized spacial score (nSPS) is 17.3. The average molecular weight is 687 g/mol. The zero-order valence-corrected chi connectivity index (χ0v) is 25.8. The quantitative estimate of drug-likeness (QED) is 0.348. The summed E-state index contributed by atoms with van der Waals surface area (Å²) in [4.78, 5) is 43.4. The van der Waals surface area contributed by atoms with Crippen molar-refractivity contribution in [3.05, 3.63) is 59.0 Å². The lowest BCUT2D eigenvalue weighted by molar-refractivity contribution is -0.160. The molecule has 1 aliphatic rings. The number of alkyl halides is 2. The lowest BCUT2D eigenvalue weighted by atomic mass is 10.2. The molecule has 1 aromatic carbocycles. The van der Waals surface area contributed by atoms with E-state index in [0.717, 1.165) is 8.87 Å². The van der Waals surface area contributed by atoms with Crippen LogP contribution in [0, 0.1) is 0 Å². The lowest BCUT2D eigenvalue weighted by Crippen LogP contribution is -2.49. The summed E-state index contributed by atoms with van der Waals surface area (Å²) in [5.41, 5.74) is -0.288. The number of hydrogen-bond acceptors (Lipinski definition) is 8. The highest BCUT2D eigenvalue weighted by Gasteiger charge is 2.41. The summed E-state index contributed by atoms with van der Waals surface area (Å²) in [5, 5.41) is 5.43. The van der Waals surface area contributed by atoms with Crippen molar-refractivity contribution >= 4 is 54.8 Å². The summed E-state index contributed by atoms with van der Waals surface area (Å²) in [6.07, 6.45) is 0.676. The molecule has 2 N–H and O–H groups in total. The van der Waals surface area contributed by atoms with Crippen molar-refractivity contribution in [3.63, 3.8) is 0 Å². The number of halogens is 3. The van der Waals surface area contributed by atoms with Gasteiger partial charge in [0.15, 0.2) is 0 Å². The van der Waals surface area contributed by atoms with Gasteiger partial charge in [0.25, 0.3) is 10.0 Å². The van der Waals surface area contributed by atoms with Crippen LogP contribution in [0.25, 0.3) is 10.9 Å². The SMILES string of the molecule is CC(C)(C)OC(=O)NCC(=O)N1C[C@H](OC(F)F)C[C@H]1C(=O)NCc1cc2cnccc2n1S(=O)(=O)c1ccc(Br)cc1. The molecule has 4 rings (SSSR count). The van der Waals surface area contributed by atoms with Crippen LogP contribution in [0.4, 0.5) is 13.6 Å². The number of hydrogen-bond donors (Lipinski definition) is 2. The van der Waals surface area contributed by atoms with E-state index in [9.17, 15) is 31.6 Å². The van der Waals surface area contributed by atoms with E-state index in [-0.39, 0.29) is 30.1 Å². The maximum Gasteiger partial charge on any atom is 0.408 e. The largest absolute Gasteiger partial charge is 0.444 e. The highest BCUT2D eigenvalue weighted by atomic mass is 79.9. The van der Waals surface area contributed by atoms with Crippen LogP contribution < -0.4 is 10.6 Å². The minimum atomic E-state index is -4.11. The van der Waals surface area contributed by atoms with Gasteiger partial charge in [0, 0.05) is 35.2 Å². The fraction of sp³-hybridized carbons (Fsp3) is 0.407. The summed E-state index contributed by atoms with van der Waals surface area (Å²) in [6, 6.07) is 7.91. The molecule has 3 amide bonds. The van der Waals surface area contributed by atoms with Gasteiger partial charge in [-0.25, -0.2) is 17.2 Å². The van der Waals surface area contributed by atoms with Gasteiger partial charge in [-0.2, -0.15) is 8.78 Å².